The second-order valence-corrected chi connectivity index (χ2v) is 4.68. The fourth-order valence-electron chi connectivity index (χ4n) is 1.59. The maximum Gasteiger partial charge on any atom is 0.279 e. The molecule has 0 aliphatic carbocycles. The molecule has 0 spiro atoms. The molecule has 0 aliphatic rings. The Hall–Kier alpha value is -2.95. The fourth-order valence-corrected chi connectivity index (χ4v) is 2.03. The minimum atomic E-state index is -0.774. The predicted molar refractivity (Wildman–Crippen MR) is 72.4 cm³/mol. The van der Waals surface area contributed by atoms with Gasteiger partial charge in [0, 0.05) is 12.1 Å². The molecule has 0 aliphatic heterocycles. The van der Waals surface area contributed by atoms with E-state index < -0.39 is 27.1 Å². The van der Waals surface area contributed by atoms with Gasteiger partial charge in [-0.15, -0.1) is 10.2 Å². The smallest absolute Gasteiger partial charge is 0.279 e. The number of benzene rings is 1. The van der Waals surface area contributed by atoms with Crippen LogP contribution in [0.3, 0.4) is 0 Å². The first kappa shape index (κ1) is 14.5. The van der Waals surface area contributed by atoms with Gasteiger partial charge < -0.3 is 0 Å². The van der Waals surface area contributed by atoms with Crippen molar-refractivity contribution in [2.75, 3.05) is 5.32 Å². The lowest BCUT2D eigenvalue weighted by atomic mass is 10.1. The highest BCUT2D eigenvalue weighted by Gasteiger charge is 2.25. The van der Waals surface area contributed by atoms with E-state index in [4.69, 9.17) is 0 Å². The Morgan fingerprint density at radius 1 is 1.24 bits per heavy atom. The molecule has 1 aromatic heterocycles. The maximum atomic E-state index is 12.0. The number of nitrogens with one attached hydrogen (secondary N) is 1. The molecular weight excluding hydrogens is 302 g/mol. The Kier molecular flexibility index (Phi) is 3.84. The number of hydrogen-bond acceptors (Lipinski definition) is 8. The Bertz CT molecular complexity index is 694. The minimum absolute atomic E-state index is 0.113. The number of anilines is 1. The third-order valence-electron chi connectivity index (χ3n) is 2.59. The number of carbonyl (C=O) groups excluding carboxylic acids is 1. The molecule has 1 heterocycles. The lowest BCUT2D eigenvalue weighted by Crippen LogP contribution is -2.13. The highest BCUT2D eigenvalue weighted by atomic mass is 32.1. The highest BCUT2D eigenvalue weighted by Crippen LogP contribution is 2.29. The van der Waals surface area contributed by atoms with Crippen LogP contribution in [-0.2, 0) is 0 Å². The lowest BCUT2D eigenvalue weighted by Gasteiger charge is -2.04. The molecule has 0 fully saturated rings. The molecule has 1 N–H and O–H groups in total. The van der Waals surface area contributed by atoms with E-state index in [1.54, 1.807) is 0 Å². The normalized spacial score (nSPS) is 10.1. The molecule has 0 atom stereocenters. The average molecular weight is 309 g/mol. The second-order valence-electron chi connectivity index (χ2n) is 3.85. The lowest BCUT2D eigenvalue weighted by molar-refractivity contribution is -0.395. The van der Waals surface area contributed by atoms with Crippen LogP contribution in [0.2, 0.25) is 0 Å². The van der Waals surface area contributed by atoms with Crippen molar-refractivity contribution in [1.82, 2.24) is 10.2 Å². The molecule has 21 heavy (non-hydrogen) atoms. The maximum absolute atomic E-state index is 12.0. The highest BCUT2D eigenvalue weighted by molar-refractivity contribution is 7.13. The van der Waals surface area contributed by atoms with Crippen LogP contribution in [0.5, 0.6) is 0 Å². The van der Waals surface area contributed by atoms with Crippen LogP contribution in [-0.4, -0.2) is 26.0 Å². The summed E-state index contributed by atoms with van der Waals surface area (Å²) < 4.78 is 0. The quantitative estimate of drug-likeness (QED) is 0.671. The van der Waals surface area contributed by atoms with E-state index in [2.05, 4.69) is 15.5 Å². The first-order valence-corrected chi connectivity index (χ1v) is 6.29. The number of aromatic nitrogens is 2. The van der Waals surface area contributed by atoms with E-state index in [1.807, 2.05) is 0 Å². The van der Waals surface area contributed by atoms with E-state index in [1.165, 1.54) is 12.4 Å². The topological polar surface area (TPSA) is 141 Å². The number of carbonyl (C=O) groups is 1. The Morgan fingerprint density at radius 2 is 1.81 bits per heavy atom. The van der Waals surface area contributed by atoms with Gasteiger partial charge in [0.15, 0.2) is 0 Å². The zero-order chi connectivity index (χ0) is 15.6. The van der Waals surface area contributed by atoms with E-state index in [9.17, 15) is 25.0 Å². The first-order chi connectivity index (χ1) is 9.90. The van der Waals surface area contributed by atoms with Crippen molar-refractivity contribution in [3.8, 4) is 0 Å². The Labute approximate surface area is 120 Å². The van der Waals surface area contributed by atoms with Crippen molar-refractivity contribution in [2.45, 2.75) is 6.92 Å². The summed E-state index contributed by atoms with van der Waals surface area (Å²) >= 11 is 1.05. The van der Waals surface area contributed by atoms with Crippen LogP contribution in [0, 0.1) is 27.2 Å². The number of nitro groups is 2. The van der Waals surface area contributed by atoms with Crippen LogP contribution < -0.4 is 5.32 Å². The fraction of sp³-hybridized carbons (Fsp3) is 0.100. The molecule has 11 heteroatoms. The first-order valence-electron chi connectivity index (χ1n) is 5.41. The van der Waals surface area contributed by atoms with Gasteiger partial charge in [-0.05, 0) is 6.92 Å². The molecular formula is C10H7N5O5S. The number of hydrogen-bond donors (Lipinski definition) is 1. The van der Waals surface area contributed by atoms with Crippen molar-refractivity contribution < 1.29 is 14.6 Å². The molecule has 2 aromatic rings. The van der Waals surface area contributed by atoms with Crippen LogP contribution in [0.1, 0.15) is 15.9 Å². The summed E-state index contributed by atoms with van der Waals surface area (Å²) in [5, 5.41) is 31.5. The van der Waals surface area contributed by atoms with Crippen molar-refractivity contribution >= 4 is 33.8 Å². The minimum Gasteiger partial charge on any atom is -0.296 e. The van der Waals surface area contributed by atoms with Gasteiger partial charge in [0.25, 0.3) is 17.3 Å². The van der Waals surface area contributed by atoms with Crippen molar-refractivity contribution in [2.24, 2.45) is 0 Å². The summed E-state index contributed by atoms with van der Waals surface area (Å²) in [6.45, 7) is 1.25. The van der Waals surface area contributed by atoms with Gasteiger partial charge in [-0.25, -0.2) is 0 Å². The summed E-state index contributed by atoms with van der Waals surface area (Å²) in [4.78, 5) is 32.2. The van der Waals surface area contributed by atoms with Crippen molar-refractivity contribution in [3.05, 3.63) is 49.0 Å². The van der Waals surface area contributed by atoms with Gasteiger partial charge in [-0.1, -0.05) is 11.3 Å². The molecule has 0 saturated carbocycles. The van der Waals surface area contributed by atoms with Crippen molar-refractivity contribution in [3.63, 3.8) is 0 Å². The molecule has 0 unspecified atom stereocenters. The van der Waals surface area contributed by atoms with Crippen LogP contribution >= 0.6 is 11.3 Å². The second kappa shape index (κ2) is 5.58. The third-order valence-corrected chi connectivity index (χ3v) is 3.20. The molecule has 0 radical (unpaired) electrons. The third kappa shape index (κ3) is 2.97. The average Bonchev–Trinajstić information content (AvgIpc) is 2.90. The zero-order valence-electron chi connectivity index (χ0n) is 10.5. The molecule has 1 amide bonds. The van der Waals surface area contributed by atoms with E-state index >= 15 is 0 Å². The molecule has 10 nitrogen and oxygen atoms in total. The number of nitrogens with zero attached hydrogens (tertiary/aromatic N) is 4. The largest absolute Gasteiger partial charge is 0.296 e. The Balaban J connectivity index is 2.46. The van der Waals surface area contributed by atoms with Crippen molar-refractivity contribution in [1.29, 1.82) is 0 Å². The zero-order valence-corrected chi connectivity index (χ0v) is 11.3. The van der Waals surface area contributed by atoms with E-state index in [0.29, 0.717) is 0 Å². The summed E-state index contributed by atoms with van der Waals surface area (Å²) in [7, 11) is 0. The van der Waals surface area contributed by atoms with Gasteiger partial charge >= 0.3 is 0 Å². The standard InChI is InChI=1S/C10H7N5O5S/c1-5-7(14(17)18)2-6(3-8(5)15(19)20)9(16)12-10-13-11-4-21-10/h2-4H,1H3,(H,12,13,16). The summed E-state index contributed by atoms with van der Waals surface area (Å²) in [6, 6.07) is 1.97. The van der Waals surface area contributed by atoms with Gasteiger partial charge in [0.05, 0.1) is 15.4 Å². The molecule has 0 saturated heterocycles. The van der Waals surface area contributed by atoms with Crippen LogP contribution in [0.15, 0.2) is 17.6 Å². The summed E-state index contributed by atoms with van der Waals surface area (Å²) in [6.07, 6.45) is 0. The molecule has 1 aromatic carbocycles. The van der Waals surface area contributed by atoms with Gasteiger partial charge in [-0.3, -0.25) is 30.3 Å². The predicted octanol–water partition coefficient (Wildman–Crippen LogP) is 1.92. The molecule has 2 rings (SSSR count). The number of nitro benzene ring substituents is 2. The summed E-state index contributed by atoms with van der Waals surface area (Å²) in [5.74, 6) is -0.738. The Morgan fingerprint density at radius 3 is 2.24 bits per heavy atom. The van der Waals surface area contributed by atoms with E-state index in [0.717, 1.165) is 23.5 Å². The van der Waals surface area contributed by atoms with Crippen LogP contribution in [0.4, 0.5) is 16.5 Å². The number of rotatable bonds is 4. The summed E-state index contributed by atoms with van der Waals surface area (Å²) in [5.41, 5.74) is 0.0836. The molecule has 108 valence electrons. The van der Waals surface area contributed by atoms with E-state index in [-0.39, 0.29) is 16.3 Å². The molecule has 0 bridgehead atoms. The number of amides is 1. The van der Waals surface area contributed by atoms with Gasteiger partial charge in [0.1, 0.15) is 11.1 Å². The SMILES string of the molecule is Cc1c([N+](=O)[O-])cc(C(=O)Nc2nncs2)cc1[N+](=O)[O-]. The van der Waals surface area contributed by atoms with Gasteiger partial charge in [0.2, 0.25) is 5.13 Å². The van der Waals surface area contributed by atoms with Crippen LogP contribution in [0.25, 0.3) is 0 Å². The monoisotopic (exact) mass is 309 g/mol. The van der Waals surface area contributed by atoms with Gasteiger partial charge in [-0.2, -0.15) is 0 Å².